The Labute approximate surface area is 112 Å². The van der Waals surface area contributed by atoms with Crippen LogP contribution in [0.4, 0.5) is 0 Å². The van der Waals surface area contributed by atoms with Gasteiger partial charge in [0.05, 0.1) is 5.92 Å². The molecule has 0 unspecified atom stereocenters. The molecule has 2 rings (SSSR count). The van der Waals surface area contributed by atoms with E-state index in [1.165, 1.54) is 0 Å². The lowest BCUT2D eigenvalue weighted by molar-refractivity contribution is -0.137. The van der Waals surface area contributed by atoms with Crippen LogP contribution in [-0.4, -0.2) is 5.97 Å². The Morgan fingerprint density at radius 3 is 2.21 bits per heavy atom. The van der Waals surface area contributed by atoms with E-state index in [4.69, 9.17) is 9.47 Å². The maximum atomic E-state index is 11.5. The molecule has 98 valence electrons. The van der Waals surface area contributed by atoms with Crippen LogP contribution in [0.2, 0.25) is 0 Å². The molecule has 0 aliphatic rings. The summed E-state index contributed by atoms with van der Waals surface area (Å²) in [6, 6.07) is 16.5. The third-order valence-electron chi connectivity index (χ3n) is 2.47. The summed E-state index contributed by atoms with van der Waals surface area (Å²) in [5.74, 6) is 1.47. The number of para-hydroxylation sites is 1. The Morgan fingerprint density at radius 2 is 1.53 bits per heavy atom. The van der Waals surface area contributed by atoms with E-state index in [0.29, 0.717) is 11.5 Å². The quantitative estimate of drug-likeness (QED) is 0.611. The molecule has 0 spiro atoms. The largest absolute Gasteiger partial charge is 0.457 e. The zero-order valence-corrected chi connectivity index (χ0v) is 11.0. The fourth-order valence-electron chi connectivity index (χ4n) is 1.46. The zero-order chi connectivity index (χ0) is 13.7. The molecule has 0 aliphatic carbocycles. The first-order valence-electron chi connectivity index (χ1n) is 6.20. The van der Waals surface area contributed by atoms with E-state index in [9.17, 15) is 4.79 Å². The lowest BCUT2D eigenvalue weighted by Gasteiger charge is -2.09. The van der Waals surface area contributed by atoms with Gasteiger partial charge in [-0.3, -0.25) is 4.79 Å². The van der Waals surface area contributed by atoms with Crippen LogP contribution in [0.3, 0.4) is 0 Å². The summed E-state index contributed by atoms with van der Waals surface area (Å²) in [4.78, 5) is 11.5. The van der Waals surface area contributed by atoms with Gasteiger partial charge in [-0.25, -0.2) is 0 Å². The molecular formula is C16H16O3. The molecule has 0 N–H and O–H groups in total. The van der Waals surface area contributed by atoms with Gasteiger partial charge in [0.2, 0.25) is 0 Å². The molecule has 3 heteroatoms. The molecule has 0 atom stereocenters. The van der Waals surface area contributed by atoms with Crippen LogP contribution in [0.5, 0.6) is 17.2 Å². The molecule has 2 aromatic carbocycles. The van der Waals surface area contributed by atoms with E-state index in [1.807, 2.05) is 36.4 Å². The molecule has 2 aromatic rings. The van der Waals surface area contributed by atoms with Gasteiger partial charge >= 0.3 is 5.97 Å². The molecule has 0 saturated heterocycles. The standard InChI is InChI=1S/C16H16O3/c1-12(2)16(17)19-15-10-6-9-14(11-15)18-13-7-4-3-5-8-13/h3-12H,1-2H3. The van der Waals surface area contributed by atoms with Crippen molar-refractivity contribution in [2.75, 3.05) is 0 Å². The maximum Gasteiger partial charge on any atom is 0.313 e. The predicted molar refractivity (Wildman–Crippen MR) is 73.4 cm³/mol. The van der Waals surface area contributed by atoms with E-state index in [0.717, 1.165) is 5.75 Å². The van der Waals surface area contributed by atoms with E-state index in [1.54, 1.807) is 32.0 Å². The van der Waals surface area contributed by atoms with Crippen molar-refractivity contribution in [2.24, 2.45) is 5.92 Å². The molecule has 0 bridgehead atoms. The third-order valence-corrected chi connectivity index (χ3v) is 2.47. The highest BCUT2D eigenvalue weighted by molar-refractivity contribution is 5.74. The molecule has 0 heterocycles. The number of ether oxygens (including phenoxy) is 2. The van der Waals surface area contributed by atoms with E-state index < -0.39 is 0 Å². The van der Waals surface area contributed by atoms with Crippen LogP contribution in [0.25, 0.3) is 0 Å². The summed E-state index contributed by atoms with van der Waals surface area (Å²) in [7, 11) is 0. The van der Waals surface area contributed by atoms with E-state index >= 15 is 0 Å². The van der Waals surface area contributed by atoms with E-state index in [-0.39, 0.29) is 11.9 Å². The van der Waals surface area contributed by atoms with Crippen LogP contribution >= 0.6 is 0 Å². The van der Waals surface area contributed by atoms with Gasteiger partial charge in [0, 0.05) is 6.07 Å². The summed E-state index contributed by atoms with van der Waals surface area (Å²) in [6.45, 7) is 3.60. The van der Waals surface area contributed by atoms with Crippen molar-refractivity contribution in [3.05, 3.63) is 54.6 Å². The number of hydrogen-bond donors (Lipinski definition) is 0. The summed E-state index contributed by atoms with van der Waals surface area (Å²) in [6.07, 6.45) is 0. The highest BCUT2D eigenvalue weighted by Crippen LogP contribution is 2.25. The first-order chi connectivity index (χ1) is 9.15. The molecule has 0 fully saturated rings. The molecule has 0 aromatic heterocycles. The van der Waals surface area contributed by atoms with Gasteiger partial charge in [0.25, 0.3) is 0 Å². The zero-order valence-electron chi connectivity index (χ0n) is 11.0. The van der Waals surface area contributed by atoms with Crippen LogP contribution in [0.1, 0.15) is 13.8 Å². The van der Waals surface area contributed by atoms with Crippen LogP contribution in [0.15, 0.2) is 54.6 Å². The number of rotatable bonds is 4. The second-order valence-electron chi connectivity index (χ2n) is 4.47. The summed E-state index contributed by atoms with van der Waals surface area (Å²) >= 11 is 0. The molecule has 0 aliphatic heterocycles. The topological polar surface area (TPSA) is 35.5 Å². The van der Waals surface area contributed by atoms with Gasteiger partial charge in [0.1, 0.15) is 17.2 Å². The molecular weight excluding hydrogens is 240 g/mol. The summed E-state index contributed by atoms with van der Waals surface area (Å²) < 4.78 is 10.9. The smallest absolute Gasteiger partial charge is 0.313 e. The second-order valence-corrected chi connectivity index (χ2v) is 4.47. The minimum absolute atomic E-state index is 0.154. The van der Waals surface area contributed by atoms with Crippen molar-refractivity contribution < 1.29 is 14.3 Å². The molecule has 0 saturated carbocycles. The third kappa shape index (κ3) is 3.85. The highest BCUT2D eigenvalue weighted by atomic mass is 16.5. The summed E-state index contributed by atoms with van der Waals surface area (Å²) in [5, 5.41) is 0. The number of carbonyl (C=O) groups is 1. The Hall–Kier alpha value is -2.29. The van der Waals surface area contributed by atoms with Crippen LogP contribution < -0.4 is 9.47 Å². The van der Waals surface area contributed by atoms with Crippen LogP contribution in [-0.2, 0) is 4.79 Å². The van der Waals surface area contributed by atoms with Gasteiger partial charge in [-0.1, -0.05) is 38.1 Å². The van der Waals surface area contributed by atoms with Crippen molar-refractivity contribution in [1.29, 1.82) is 0 Å². The first kappa shape index (κ1) is 13.1. The van der Waals surface area contributed by atoms with Gasteiger partial charge in [-0.2, -0.15) is 0 Å². The monoisotopic (exact) mass is 256 g/mol. The normalized spacial score (nSPS) is 10.3. The minimum atomic E-state index is -0.253. The number of hydrogen-bond acceptors (Lipinski definition) is 3. The Kier molecular flexibility index (Phi) is 4.18. The van der Waals surface area contributed by atoms with Crippen molar-refractivity contribution in [2.45, 2.75) is 13.8 Å². The average Bonchev–Trinajstić information content (AvgIpc) is 2.40. The number of carbonyl (C=O) groups excluding carboxylic acids is 1. The average molecular weight is 256 g/mol. The van der Waals surface area contributed by atoms with Gasteiger partial charge in [-0.15, -0.1) is 0 Å². The lowest BCUT2D eigenvalue weighted by Crippen LogP contribution is -2.14. The van der Waals surface area contributed by atoms with E-state index in [2.05, 4.69) is 0 Å². The highest BCUT2D eigenvalue weighted by Gasteiger charge is 2.10. The Balaban J connectivity index is 2.09. The Morgan fingerprint density at radius 1 is 0.895 bits per heavy atom. The minimum Gasteiger partial charge on any atom is -0.457 e. The van der Waals surface area contributed by atoms with Gasteiger partial charge in [-0.05, 0) is 24.3 Å². The first-order valence-corrected chi connectivity index (χ1v) is 6.20. The lowest BCUT2D eigenvalue weighted by atomic mass is 10.2. The molecule has 3 nitrogen and oxygen atoms in total. The maximum absolute atomic E-state index is 11.5. The molecule has 0 amide bonds. The van der Waals surface area contributed by atoms with Crippen molar-refractivity contribution >= 4 is 5.97 Å². The van der Waals surface area contributed by atoms with Crippen LogP contribution in [0, 0.1) is 5.92 Å². The fraction of sp³-hybridized carbons (Fsp3) is 0.188. The summed E-state index contributed by atoms with van der Waals surface area (Å²) in [5.41, 5.74) is 0. The fourth-order valence-corrected chi connectivity index (χ4v) is 1.46. The SMILES string of the molecule is CC(C)C(=O)Oc1cccc(Oc2ccccc2)c1. The Bertz CT molecular complexity index is 547. The van der Waals surface area contributed by atoms with Crippen molar-refractivity contribution in [3.63, 3.8) is 0 Å². The van der Waals surface area contributed by atoms with Gasteiger partial charge < -0.3 is 9.47 Å². The van der Waals surface area contributed by atoms with Crippen molar-refractivity contribution in [3.8, 4) is 17.2 Å². The van der Waals surface area contributed by atoms with Gasteiger partial charge in [0.15, 0.2) is 0 Å². The molecule has 19 heavy (non-hydrogen) atoms. The van der Waals surface area contributed by atoms with Crippen molar-refractivity contribution in [1.82, 2.24) is 0 Å². The second kappa shape index (κ2) is 6.05. The molecule has 0 radical (unpaired) electrons. The number of benzene rings is 2. The predicted octanol–water partition coefficient (Wildman–Crippen LogP) is 4.04. The number of esters is 1.